The molecule has 0 radical (unpaired) electrons. The molecule has 1 aliphatic rings. The van der Waals surface area contributed by atoms with E-state index in [1.165, 1.54) is 0 Å². The lowest BCUT2D eigenvalue weighted by Crippen LogP contribution is -2.45. The Morgan fingerprint density at radius 1 is 1.13 bits per heavy atom. The third-order valence-corrected chi connectivity index (χ3v) is 10.4. The van der Waals surface area contributed by atoms with Gasteiger partial charge in [0.25, 0.3) is 0 Å². The number of esters is 1. The lowest BCUT2D eigenvalue weighted by molar-refractivity contribution is 0.0444. The van der Waals surface area contributed by atoms with Crippen LogP contribution in [0.4, 0.5) is 0 Å². The first kappa shape index (κ1) is 22.4. The molecule has 0 aliphatic carbocycles. The van der Waals surface area contributed by atoms with Gasteiger partial charge in [-0.1, -0.05) is 51.1 Å². The standard InChI is InChI=1S/C24H32O5Si/c1-17-20(23(25)27-14-18-10-8-7-9-11-18)12-13-21-22(17)29-19(15-26-21)16-28-30(5,6)24(2,3)4/h7-13,19H,14-16H2,1-6H3. The molecule has 5 nitrogen and oxygen atoms in total. The summed E-state index contributed by atoms with van der Waals surface area (Å²) in [6.07, 6.45) is -0.207. The van der Waals surface area contributed by atoms with Crippen LogP contribution in [0.15, 0.2) is 42.5 Å². The SMILES string of the molecule is Cc1c(C(=O)OCc2ccccc2)ccc2c1OC(CO[Si](C)(C)C(C)(C)C)CO2. The third kappa shape index (κ3) is 5.05. The van der Waals surface area contributed by atoms with E-state index in [0.717, 1.165) is 11.1 Å². The molecule has 0 spiro atoms. The fraction of sp³-hybridized carbons (Fsp3) is 0.458. The van der Waals surface area contributed by atoms with Gasteiger partial charge >= 0.3 is 5.97 Å². The van der Waals surface area contributed by atoms with Crippen LogP contribution >= 0.6 is 0 Å². The van der Waals surface area contributed by atoms with E-state index >= 15 is 0 Å². The van der Waals surface area contributed by atoms with Gasteiger partial charge in [0.2, 0.25) is 0 Å². The molecule has 0 saturated carbocycles. The smallest absolute Gasteiger partial charge is 0.338 e. The minimum Gasteiger partial charge on any atom is -0.486 e. The molecule has 0 saturated heterocycles. The fourth-order valence-corrected chi connectivity index (χ4v) is 3.97. The van der Waals surface area contributed by atoms with Crippen molar-refractivity contribution in [1.29, 1.82) is 0 Å². The van der Waals surface area contributed by atoms with E-state index in [0.29, 0.717) is 30.3 Å². The highest BCUT2D eigenvalue weighted by atomic mass is 28.4. The molecular formula is C24H32O5Si. The lowest BCUT2D eigenvalue weighted by Gasteiger charge is -2.38. The van der Waals surface area contributed by atoms with Gasteiger partial charge in [-0.2, -0.15) is 0 Å². The highest BCUT2D eigenvalue weighted by molar-refractivity contribution is 6.74. The van der Waals surface area contributed by atoms with Gasteiger partial charge in [-0.05, 0) is 42.8 Å². The molecule has 0 fully saturated rings. The molecule has 0 amide bonds. The largest absolute Gasteiger partial charge is 0.486 e. The molecule has 1 unspecified atom stereocenters. The van der Waals surface area contributed by atoms with Crippen molar-refractivity contribution in [3.63, 3.8) is 0 Å². The summed E-state index contributed by atoms with van der Waals surface area (Å²) in [5.74, 6) is 0.873. The Bertz CT molecular complexity index is 886. The van der Waals surface area contributed by atoms with E-state index in [-0.39, 0.29) is 23.7 Å². The van der Waals surface area contributed by atoms with Crippen molar-refractivity contribution >= 4 is 14.3 Å². The van der Waals surface area contributed by atoms with Crippen molar-refractivity contribution in [2.75, 3.05) is 13.2 Å². The molecule has 162 valence electrons. The molecule has 1 aliphatic heterocycles. The van der Waals surface area contributed by atoms with Crippen molar-refractivity contribution in [3.8, 4) is 11.5 Å². The van der Waals surface area contributed by atoms with Gasteiger partial charge in [-0.25, -0.2) is 4.79 Å². The normalized spacial score (nSPS) is 16.3. The van der Waals surface area contributed by atoms with Gasteiger partial charge in [0, 0.05) is 5.56 Å². The Balaban J connectivity index is 1.67. The van der Waals surface area contributed by atoms with Crippen LogP contribution < -0.4 is 9.47 Å². The zero-order valence-electron chi connectivity index (χ0n) is 18.8. The van der Waals surface area contributed by atoms with Crippen molar-refractivity contribution in [2.45, 2.75) is 58.5 Å². The van der Waals surface area contributed by atoms with E-state index in [1.807, 2.05) is 37.3 Å². The fourth-order valence-electron chi connectivity index (χ4n) is 2.93. The Kier molecular flexibility index (Phi) is 6.58. The summed E-state index contributed by atoms with van der Waals surface area (Å²) in [6, 6.07) is 13.1. The monoisotopic (exact) mass is 428 g/mol. The van der Waals surface area contributed by atoms with Crippen LogP contribution in [-0.4, -0.2) is 33.6 Å². The first-order valence-corrected chi connectivity index (χ1v) is 13.3. The number of hydrogen-bond acceptors (Lipinski definition) is 5. The number of carbonyl (C=O) groups excluding carboxylic acids is 1. The molecule has 2 aromatic rings. The van der Waals surface area contributed by atoms with Crippen LogP contribution in [0.1, 0.15) is 42.3 Å². The number of rotatable bonds is 6. The molecule has 0 aromatic heterocycles. The summed E-state index contributed by atoms with van der Waals surface area (Å²) in [5.41, 5.74) is 2.16. The summed E-state index contributed by atoms with van der Waals surface area (Å²) in [6.45, 7) is 14.1. The first-order valence-electron chi connectivity index (χ1n) is 10.4. The maximum absolute atomic E-state index is 12.6. The second-order valence-corrected chi connectivity index (χ2v) is 14.1. The minimum absolute atomic E-state index is 0.131. The van der Waals surface area contributed by atoms with Crippen LogP contribution in [-0.2, 0) is 15.8 Å². The van der Waals surface area contributed by atoms with Crippen LogP contribution in [0.25, 0.3) is 0 Å². The summed E-state index contributed by atoms with van der Waals surface area (Å²) in [4.78, 5) is 12.6. The van der Waals surface area contributed by atoms with E-state index < -0.39 is 8.32 Å². The second-order valence-electron chi connectivity index (χ2n) is 9.25. The third-order valence-electron chi connectivity index (χ3n) is 5.95. The van der Waals surface area contributed by atoms with Gasteiger partial charge in [-0.15, -0.1) is 0 Å². The summed E-state index contributed by atoms with van der Waals surface area (Å²) in [5, 5.41) is 0.131. The minimum atomic E-state index is -1.88. The topological polar surface area (TPSA) is 54.0 Å². The molecular weight excluding hydrogens is 396 g/mol. The van der Waals surface area contributed by atoms with Crippen molar-refractivity contribution in [1.82, 2.24) is 0 Å². The number of ether oxygens (including phenoxy) is 3. The summed E-state index contributed by atoms with van der Waals surface area (Å²) in [7, 11) is -1.88. The van der Waals surface area contributed by atoms with Gasteiger partial charge in [0.15, 0.2) is 25.9 Å². The van der Waals surface area contributed by atoms with Crippen LogP contribution in [0, 0.1) is 6.92 Å². The molecule has 1 atom stereocenters. The van der Waals surface area contributed by atoms with Crippen LogP contribution in [0.2, 0.25) is 18.1 Å². The molecule has 1 heterocycles. The first-order chi connectivity index (χ1) is 14.1. The number of carbonyl (C=O) groups is 1. The van der Waals surface area contributed by atoms with Crippen molar-refractivity contribution < 1.29 is 23.4 Å². The Hall–Kier alpha value is -2.31. The van der Waals surface area contributed by atoms with Crippen LogP contribution in [0.5, 0.6) is 11.5 Å². The molecule has 0 N–H and O–H groups in total. The molecule has 6 heteroatoms. The highest BCUT2D eigenvalue weighted by Gasteiger charge is 2.38. The van der Waals surface area contributed by atoms with Gasteiger partial charge < -0.3 is 18.6 Å². The number of hydrogen-bond donors (Lipinski definition) is 0. The predicted octanol–water partition coefficient (Wildman–Crippen LogP) is 5.51. The molecule has 2 aromatic carbocycles. The Labute approximate surface area is 180 Å². The van der Waals surface area contributed by atoms with Gasteiger partial charge in [0.05, 0.1) is 12.2 Å². The van der Waals surface area contributed by atoms with E-state index in [4.69, 9.17) is 18.6 Å². The molecule has 0 bridgehead atoms. The molecule has 30 heavy (non-hydrogen) atoms. The van der Waals surface area contributed by atoms with E-state index in [9.17, 15) is 4.79 Å². The Morgan fingerprint density at radius 3 is 2.50 bits per heavy atom. The lowest BCUT2D eigenvalue weighted by atomic mass is 10.1. The summed E-state index contributed by atoms with van der Waals surface area (Å²) >= 11 is 0. The Morgan fingerprint density at radius 2 is 1.83 bits per heavy atom. The zero-order valence-corrected chi connectivity index (χ0v) is 19.8. The number of fused-ring (bicyclic) bond motifs is 1. The van der Waals surface area contributed by atoms with Gasteiger partial charge in [0.1, 0.15) is 13.2 Å². The van der Waals surface area contributed by atoms with Crippen molar-refractivity contribution in [2.24, 2.45) is 0 Å². The number of benzene rings is 2. The maximum atomic E-state index is 12.6. The molecule has 3 rings (SSSR count). The highest BCUT2D eigenvalue weighted by Crippen LogP contribution is 2.39. The van der Waals surface area contributed by atoms with E-state index in [2.05, 4.69) is 33.9 Å². The predicted molar refractivity (Wildman–Crippen MR) is 120 cm³/mol. The van der Waals surface area contributed by atoms with Gasteiger partial charge in [-0.3, -0.25) is 0 Å². The van der Waals surface area contributed by atoms with E-state index in [1.54, 1.807) is 12.1 Å². The quantitative estimate of drug-likeness (QED) is 0.448. The maximum Gasteiger partial charge on any atom is 0.338 e. The zero-order chi connectivity index (χ0) is 21.9. The average Bonchev–Trinajstić information content (AvgIpc) is 2.71. The average molecular weight is 429 g/mol. The van der Waals surface area contributed by atoms with Crippen LogP contribution in [0.3, 0.4) is 0 Å². The van der Waals surface area contributed by atoms with Crippen molar-refractivity contribution in [3.05, 3.63) is 59.2 Å². The second kappa shape index (κ2) is 8.82. The summed E-state index contributed by atoms with van der Waals surface area (Å²) < 4.78 is 23.9.